The Morgan fingerprint density at radius 2 is 2.00 bits per heavy atom. The molecule has 1 aromatic rings. The molecule has 0 spiro atoms. The molecule has 0 saturated carbocycles. The van der Waals surface area contributed by atoms with Gasteiger partial charge in [0.25, 0.3) is 0 Å². The minimum atomic E-state index is -3.46. The molecule has 1 fully saturated rings. The quantitative estimate of drug-likeness (QED) is 0.895. The molecular formula is C14H23N3O2S. The number of nitrogens with one attached hydrogen (secondary N) is 1. The first-order chi connectivity index (χ1) is 9.57. The fourth-order valence-corrected chi connectivity index (χ4v) is 4.27. The number of benzene rings is 1. The van der Waals surface area contributed by atoms with Crippen LogP contribution in [0.15, 0.2) is 30.3 Å². The average molecular weight is 297 g/mol. The zero-order chi connectivity index (χ0) is 14.6. The van der Waals surface area contributed by atoms with Crippen molar-refractivity contribution in [3.63, 3.8) is 0 Å². The van der Waals surface area contributed by atoms with Gasteiger partial charge in [0.15, 0.2) is 0 Å². The second kappa shape index (κ2) is 6.56. The number of para-hydroxylation sites is 1. The summed E-state index contributed by atoms with van der Waals surface area (Å²) < 4.78 is 28.6. The maximum absolute atomic E-state index is 12.8. The van der Waals surface area contributed by atoms with Crippen molar-refractivity contribution in [1.29, 1.82) is 0 Å². The summed E-state index contributed by atoms with van der Waals surface area (Å²) in [5, 5.41) is 3.09. The van der Waals surface area contributed by atoms with Gasteiger partial charge in [0.05, 0.1) is 5.69 Å². The molecule has 2 rings (SSSR count). The zero-order valence-electron chi connectivity index (χ0n) is 12.1. The number of rotatable bonds is 5. The van der Waals surface area contributed by atoms with Crippen LogP contribution in [0.2, 0.25) is 0 Å². The highest BCUT2D eigenvalue weighted by atomic mass is 32.2. The second-order valence-electron chi connectivity index (χ2n) is 5.13. The molecule has 1 aromatic carbocycles. The molecule has 20 heavy (non-hydrogen) atoms. The molecule has 1 unspecified atom stereocenters. The van der Waals surface area contributed by atoms with E-state index in [1.54, 1.807) is 11.4 Å². The predicted molar refractivity (Wildman–Crippen MR) is 82.0 cm³/mol. The molecule has 0 aliphatic carbocycles. The lowest BCUT2D eigenvalue weighted by atomic mass is 10.1. The lowest BCUT2D eigenvalue weighted by Gasteiger charge is -2.37. The van der Waals surface area contributed by atoms with Crippen LogP contribution in [0.4, 0.5) is 5.69 Å². The minimum absolute atomic E-state index is 0.0462. The summed E-state index contributed by atoms with van der Waals surface area (Å²) in [6, 6.07) is 9.26. The summed E-state index contributed by atoms with van der Waals surface area (Å²) in [5.41, 5.74) is 0.696. The van der Waals surface area contributed by atoms with Crippen LogP contribution < -0.4 is 9.62 Å². The summed E-state index contributed by atoms with van der Waals surface area (Å²) >= 11 is 0. The van der Waals surface area contributed by atoms with Gasteiger partial charge in [0.2, 0.25) is 0 Å². The van der Waals surface area contributed by atoms with Crippen molar-refractivity contribution in [2.24, 2.45) is 0 Å². The lowest BCUT2D eigenvalue weighted by Crippen LogP contribution is -2.52. The monoisotopic (exact) mass is 297 g/mol. The maximum Gasteiger partial charge on any atom is 0.304 e. The molecule has 0 aromatic heterocycles. The Morgan fingerprint density at radius 1 is 1.30 bits per heavy atom. The molecule has 5 nitrogen and oxygen atoms in total. The molecular weight excluding hydrogens is 274 g/mol. The van der Waals surface area contributed by atoms with E-state index >= 15 is 0 Å². The fraction of sp³-hybridized carbons (Fsp3) is 0.571. The van der Waals surface area contributed by atoms with Gasteiger partial charge in [-0.15, -0.1) is 0 Å². The largest absolute Gasteiger partial charge is 0.318 e. The summed E-state index contributed by atoms with van der Waals surface area (Å²) in [5.74, 6) is 0. The molecule has 0 radical (unpaired) electrons. The zero-order valence-corrected chi connectivity index (χ0v) is 12.9. The second-order valence-corrected chi connectivity index (χ2v) is 7.04. The van der Waals surface area contributed by atoms with Crippen LogP contribution in [0.25, 0.3) is 0 Å². The van der Waals surface area contributed by atoms with Gasteiger partial charge in [0.1, 0.15) is 0 Å². The molecule has 1 heterocycles. The molecule has 6 heteroatoms. The molecule has 1 atom stereocenters. The van der Waals surface area contributed by atoms with Gasteiger partial charge in [-0.3, -0.25) is 4.31 Å². The number of hydrogen-bond acceptors (Lipinski definition) is 3. The lowest BCUT2D eigenvalue weighted by molar-refractivity contribution is 0.248. The fourth-order valence-electron chi connectivity index (χ4n) is 2.65. The highest BCUT2D eigenvalue weighted by Crippen LogP contribution is 2.25. The van der Waals surface area contributed by atoms with Crippen molar-refractivity contribution in [2.45, 2.75) is 25.3 Å². The van der Waals surface area contributed by atoms with Gasteiger partial charge >= 0.3 is 10.2 Å². The number of nitrogens with zero attached hydrogens (tertiary/aromatic N) is 2. The summed E-state index contributed by atoms with van der Waals surface area (Å²) in [7, 11) is 0.0224. The standard InChI is InChI=1S/C14H23N3O2S/c1-15-12-14-10-6-7-11-17(14)20(18,19)16(2)13-8-4-3-5-9-13/h3-5,8-9,14-15H,6-7,10-12H2,1-2H3. The van der Waals surface area contributed by atoms with Gasteiger partial charge in [-0.25, -0.2) is 0 Å². The first kappa shape index (κ1) is 15.3. The van der Waals surface area contributed by atoms with Crippen molar-refractivity contribution >= 4 is 15.9 Å². The van der Waals surface area contributed by atoms with Gasteiger partial charge in [0, 0.05) is 26.2 Å². The van der Waals surface area contributed by atoms with Gasteiger partial charge in [-0.1, -0.05) is 24.6 Å². The number of hydrogen-bond donors (Lipinski definition) is 1. The summed E-state index contributed by atoms with van der Waals surface area (Å²) in [4.78, 5) is 0. The smallest absolute Gasteiger partial charge is 0.304 e. The van der Waals surface area contributed by atoms with Crippen molar-refractivity contribution in [3.8, 4) is 0 Å². The van der Waals surface area contributed by atoms with Crippen molar-refractivity contribution in [2.75, 3.05) is 31.5 Å². The van der Waals surface area contributed by atoms with E-state index in [2.05, 4.69) is 5.32 Å². The molecule has 1 aliphatic heterocycles. The third kappa shape index (κ3) is 3.13. The maximum atomic E-state index is 12.8. The van der Waals surface area contributed by atoms with Crippen molar-refractivity contribution in [3.05, 3.63) is 30.3 Å². The first-order valence-electron chi connectivity index (χ1n) is 7.02. The average Bonchev–Trinajstić information content (AvgIpc) is 2.48. The van der Waals surface area contributed by atoms with E-state index < -0.39 is 10.2 Å². The Hall–Kier alpha value is -1.11. The molecule has 112 valence electrons. The topological polar surface area (TPSA) is 52.7 Å². The van der Waals surface area contributed by atoms with Crippen LogP contribution in [0.3, 0.4) is 0 Å². The van der Waals surface area contributed by atoms with Crippen LogP contribution in [-0.4, -0.2) is 45.9 Å². The first-order valence-corrected chi connectivity index (χ1v) is 8.42. The molecule has 1 aliphatic rings. The van der Waals surface area contributed by atoms with Crippen LogP contribution >= 0.6 is 0 Å². The normalized spacial score (nSPS) is 20.8. The minimum Gasteiger partial charge on any atom is -0.318 e. The Kier molecular flexibility index (Phi) is 5.01. The Bertz CT molecular complexity index is 516. The summed E-state index contributed by atoms with van der Waals surface area (Å²) in [6.07, 6.45) is 2.94. The molecule has 0 amide bonds. The third-order valence-electron chi connectivity index (χ3n) is 3.78. The van der Waals surface area contributed by atoms with E-state index in [9.17, 15) is 8.42 Å². The molecule has 0 bridgehead atoms. The van der Waals surface area contributed by atoms with E-state index in [0.29, 0.717) is 18.8 Å². The third-order valence-corrected chi connectivity index (χ3v) is 5.75. The number of anilines is 1. The van der Waals surface area contributed by atoms with Crippen LogP contribution in [-0.2, 0) is 10.2 Å². The number of likely N-dealkylation sites (N-methyl/N-ethyl adjacent to an activating group) is 1. The Morgan fingerprint density at radius 3 is 2.65 bits per heavy atom. The van der Waals surface area contributed by atoms with E-state index in [0.717, 1.165) is 19.3 Å². The molecule has 1 N–H and O–H groups in total. The summed E-state index contributed by atoms with van der Waals surface area (Å²) in [6.45, 7) is 1.30. The van der Waals surface area contributed by atoms with Crippen molar-refractivity contribution in [1.82, 2.24) is 9.62 Å². The number of piperidine rings is 1. The van der Waals surface area contributed by atoms with Crippen molar-refractivity contribution < 1.29 is 8.42 Å². The van der Waals surface area contributed by atoms with Gasteiger partial charge in [-0.2, -0.15) is 12.7 Å². The van der Waals surface area contributed by atoms with Crippen LogP contribution in [0.5, 0.6) is 0 Å². The van der Waals surface area contributed by atoms with Crippen LogP contribution in [0, 0.1) is 0 Å². The van der Waals surface area contributed by atoms with Gasteiger partial charge in [-0.05, 0) is 32.0 Å². The Balaban J connectivity index is 2.24. The Labute approximate surface area is 121 Å². The van der Waals surface area contributed by atoms with Gasteiger partial charge < -0.3 is 5.32 Å². The molecule has 1 saturated heterocycles. The highest BCUT2D eigenvalue weighted by Gasteiger charge is 2.34. The highest BCUT2D eigenvalue weighted by molar-refractivity contribution is 7.90. The SMILES string of the molecule is CNCC1CCCCN1S(=O)(=O)N(C)c1ccccc1. The van der Waals surface area contributed by atoms with E-state index in [1.165, 1.54) is 4.31 Å². The van der Waals surface area contributed by atoms with Crippen LogP contribution in [0.1, 0.15) is 19.3 Å². The predicted octanol–water partition coefficient (Wildman–Crippen LogP) is 1.44. The van der Waals surface area contributed by atoms with E-state index in [-0.39, 0.29) is 6.04 Å². The van der Waals surface area contributed by atoms with E-state index in [4.69, 9.17) is 0 Å². The van der Waals surface area contributed by atoms with E-state index in [1.807, 2.05) is 37.4 Å².